The molecule has 4 bridgehead atoms. The van der Waals surface area contributed by atoms with Crippen molar-refractivity contribution in [3.05, 3.63) is 162 Å². The summed E-state index contributed by atoms with van der Waals surface area (Å²) in [7, 11) is 0. The van der Waals surface area contributed by atoms with Gasteiger partial charge in [0.2, 0.25) is 0 Å². The van der Waals surface area contributed by atoms with Crippen LogP contribution in [0.3, 0.4) is 0 Å². The predicted molar refractivity (Wildman–Crippen MR) is 207 cm³/mol. The van der Waals surface area contributed by atoms with Gasteiger partial charge in [-0.2, -0.15) is 0 Å². The monoisotopic (exact) mass is 645 g/mol. The average Bonchev–Trinajstić information content (AvgIpc) is 3.58. The van der Waals surface area contributed by atoms with E-state index in [1.54, 1.807) is 11.1 Å². The minimum atomic E-state index is -0.0793. The van der Waals surface area contributed by atoms with Crippen molar-refractivity contribution in [3.63, 3.8) is 0 Å². The van der Waals surface area contributed by atoms with Gasteiger partial charge in [-0.15, -0.1) is 0 Å². The van der Waals surface area contributed by atoms with Gasteiger partial charge in [0.15, 0.2) is 0 Å². The smallest absolute Gasteiger partial charge is 0.0540 e. The third-order valence-electron chi connectivity index (χ3n) is 13.8. The molecular weight excluding hydrogens is 603 g/mol. The van der Waals surface area contributed by atoms with E-state index < -0.39 is 0 Å². The first-order valence-electron chi connectivity index (χ1n) is 19.0. The largest absolute Gasteiger partial charge is 0.310 e. The summed E-state index contributed by atoms with van der Waals surface area (Å²) in [6, 6.07) is 53.3. The summed E-state index contributed by atoms with van der Waals surface area (Å²) in [4.78, 5) is 2.67. The van der Waals surface area contributed by atoms with E-state index in [2.05, 4.69) is 158 Å². The van der Waals surface area contributed by atoms with Crippen LogP contribution in [-0.4, -0.2) is 0 Å². The molecule has 0 aromatic heterocycles. The van der Waals surface area contributed by atoms with Gasteiger partial charge in [0, 0.05) is 22.1 Å². The topological polar surface area (TPSA) is 3.24 Å². The van der Waals surface area contributed by atoms with E-state index in [0.717, 1.165) is 11.8 Å². The fraction of sp³-hybridized carbons (Fsp3) is 0.265. The fourth-order valence-electron chi connectivity index (χ4n) is 12.1. The molecule has 6 aliphatic carbocycles. The molecule has 12 rings (SSSR count). The van der Waals surface area contributed by atoms with E-state index in [1.165, 1.54) is 93.7 Å². The van der Waals surface area contributed by atoms with E-state index in [1.807, 2.05) is 0 Å². The van der Waals surface area contributed by atoms with Gasteiger partial charge in [0.05, 0.1) is 11.4 Å². The number of fused-ring (bicyclic) bond motifs is 6. The lowest BCUT2D eigenvalue weighted by atomic mass is 9.43. The highest BCUT2D eigenvalue weighted by Gasteiger charge is 2.62. The molecule has 0 unspecified atom stereocenters. The lowest BCUT2D eigenvalue weighted by Crippen LogP contribution is -2.55. The van der Waals surface area contributed by atoms with Crippen LogP contribution in [0.5, 0.6) is 0 Å². The van der Waals surface area contributed by atoms with Crippen LogP contribution < -0.4 is 4.90 Å². The Hall–Kier alpha value is -4.88. The van der Waals surface area contributed by atoms with Gasteiger partial charge in [-0.25, -0.2) is 0 Å². The van der Waals surface area contributed by atoms with Crippen molar-refractivity contribution >= 4 is 17.1 Å². The van der Waals surface area contributed by atoms with Crippen molar-refractivity contribution in [1.29, 1.82) is 0 Å². The van der Waals surface area contributed by atoms with Crippen molar-refractivity contribution < 1.29 is 0 Å². The molecule has 0 amide bonds. The number of para-hydroxylation sites is 1. The molecule has 0 heterocycles. The molecule has 1 spiro atoms. The quantitative estimate of drug-likeness (QED) is 0.184. The third-order valence-corrected chi connectivity index (χ3v) is 13.8. The first-order chi connectivity index (χ1) is 24.5. The van der Waals surface area contributed by atoms with E-state index in [9.17, 15) is 0 Å². The second-order valence-corrected chi connectivity index (χ2v) is 16.5. The maximum atomic E-state index is 2.67. The maximum absolute atomic E-state index is 2.67. The van der Waals surface area contributed by atoms with Crippen LogP contribution in [-0.2, 0) is 10.8 Å². The Labute approximate surface area is 296 Å². The maximum Gasteiger partial charge on any atom is 0.0540 e. The second-order valence-electron chi connectivity index (χ2n) is 16.5. The Balaban J connectivity index is 1.21. The Morgan fingerprint density at radius 1 is 0.460 bits per heavy atom. The Morgan fingerprint density at radius 2 is 1.02 bits per heavy atom. The summed E-state index contributed by atoms with van der Waals surface area (Å²) >= 11 is 0. The van der Waals surface area contributed by atoms with E-state index >= 15 is 0 Å². The number of nitrogens with zero attached hydrogens (tertiary/aromatic N) is 1. The molecule has 50 heavy (non-hydrogen) atoms. The summed E-state index contributed by atoms with van der Waals surface area (Å²) in [5.41, 5.74) is 18.1. The second kappa shape index (κ2) is 10.3. The minimum absolute atomic E-state index is 0.0577. The summed E-state index contributed by atoms with van der Waals surface area (Å²) in [5.74, 6) is 3.20. The van der Waals surface area contributed by atoms with Gasteiger partial charge in [0.1, 0.15) is 0 Å². The Bertz CT molecular complexity index is 2300. The van der Waals surface area contributed by atoms with Gasteiger partial charge < -0.3 is 4.90 Å². The minimum Gasteiger partial charge on any atom is -0.310 e. The van der Waals surface area contributed by atoms with E-state index in [-0.39, 0.29) is 10.8 Å². The highest BCUT2D eigenvalue weighted by molar-refractivity contribution is 5.95. The van der Waals surface area contributed by atoms with Crippen LogP contribution in [0, 0.1) is 23.7 Å². The molecule has 0 saturated heterocycles. The third kappa shape index (κ3) is 3.73. The number of benzene rings is 6. The molecule has 6 aromatic carbocycles. The van der Waals surface area contributed by atoms with Crippen LogP contribution in [0.2, 0.25) is 0 Å². The predicted octanol–water partition coefficient (Wildman–Crippen LogP) is 12.9. The standard InChI is InChI=1S/C49H43N/c1-48(2)42-19-9-6-16-38(42)40-24-23-36(30-44(40)48)50(45-21-11-8-15-37(45)33-13-4-3-5-14-33)46-22-12-18-41-39-17-7-10-20-43(39)49(47(41)46)34-26-31-25-32(28-34)29-35(49)27-31/h3-24,30-32,34-35H,25-29H2,1-2H3. The van der Waals surface area contributed by atoms with Gasteiger partial charge in [-0.1, -0.05) is 129 Å². The fourth-order valence-corrected chi connectivity index (χ4v) is 12.1. The molecule has 1 heteroatoms. The van der Waals surface area contributed by atoms with Crippen molar-refractivity contribution in [2.75, 3.05) is 4.90 Å². The summed E-state index contributed by atoms with van der Waals surface area (Å²) in [6.07, 6.45) is 6.97. The van der Waals surface area contributed by atoms with Crippen molar-refractivity contribution in [3.8, 4) is 33.4 Å². The van der Waals surface area contributed by atoms with Crippen LogP contribution >= 0.6 is 0 Å². The van der Waals surface area contributed by atoms with Crippen molar-refractivity contribution in [2.24, 2.45) is 23.7 Å². The zero-order valence-electron chi connectivity index (χ0n) is 29.1. The molecule has 0 radical (unpaired) electrons. The number of anilines is 3. The van der Waals surface area contributed by atoms with Crippen molar-refractivity contribution in [2.45, 2.75) is 56.8 Å². The molecule has 1 nitrogen and oxygen atoms in total. The van der Waals surface area contributed by atoms with E-state index in [0.29, 0.717) is 11.8 Å². The van der Waals surface area contributed by atoms with Gasteiger partial charge >= 0.3 is 0 Å². The van der Waals surface area contributed by atoms with Crippen molar-refractivity contribution in [1.82, 2.24) is 0 Å². The molecule has 0 N–H and O–H groups in total. The molecule has 6 aromatic rings. The molecular formula is C49H43N. The highest BCUT2D eigenvalue weighted by atomic mass is 15.2. The van der Waals surface area contributed by atoms with Crippen LogP contribution in [0.25, 0.3) is 33.4 Å². The van der Waals surface area contributed by atoms with E-state index in [4.69, 9.17) is 0 Å². The van der Waals surface area contributed by atoms with Gasteiger partial charge in [0.25, 0.3) is 0 Å². The summed E-state index contributed by atoms with van der Waals surface area (Å²) in [6.45, 7) is 4.81. The van der Waals surface area contributed by atoms with Crippen LogP contribution in [0.1, 0.15) is 68.2 Å². The van der Waals surface area contributed by atoms with Crippen LogP contribution in [0.4, 0.5) is 17.1 Å². The van der Waals surface area contributed by atoms with Gasteiger partial charge in [-0.3, -0.25) is 0 Å². The molecule has 4 fully saturated rings. The molecule has 6 aliphatic rings. The Morgan fingerprint density at radius 3 is 1.76 bits per heavy atom. The first kappa shape index (κ1) is 28.9. The molecule has 0 atom stereocenters. The Kier molecular flexibility index (Phi) is 5.97. The average molecular weight is 646 g/mol. The zero-order valence-corrected chi connectivity index (χ0v) is 29.1. The molecule has 4 saturated carbocycles. The van der Waals surface area contributed by atoms with Crippen LogP contribution in [0.15, 0.2) is 140 Å². The van der Waals surface area contributed by atoms with Gasteiger partial charge in [-0.05, 0) is 130 Å². The number of hydrogen-bond donors (Lipinski definition) is 0. The number of rotatable bonds is 4. The lowest BCUT2D eigenvalue weighted by Gasteiger charge is -2.61. The lowest BCUT2D eigenvalue weighted by molar-refractivity contribution is -0.0397. The normalized spacial score (nSPS) is 25.6. The highest BCUT2D eigenvalue weighted by Crippen LogP contribution is 2.71. The molecule has 244 valence electrons. The SMILES string of the molecule is CC1(C)c2ccccc2-c2ccc(N(c3ccccc3-c3ccccc3)c3cccc4c3C3(c5ccccc5-4)C4CC5CC(C4)CC3C5)cc21. The zero-order chi connectivity index (χ0) is 33.2. The first-order valence-corrected chi connectivity index (χ1v) is 19.0. The summed E-state index contributed by atoms with van der Waals surface area (Å²) < 4.78 is 0. The summed E-state index contributed by atoms with van der Waals surface area (Å²) in [5, 5.41) is 0. The molecule has 0 aliphatic heterocycles. The number of hydrogen-bond acceptors (Lipinski definition) is 1.